The molecular formula is C11H14N2O4. The summed E-state index contributed by atoms with van der Waals surface area (Å²) in [6, 6.07) is 6.42. The van der Waals surface area contributed by atoms with Crippen molar-refractivity contribution < 1.29 is 20.2 Å². The molecule has 0 heterocycles. The highest BCUT2D eigenvalue weighted by molar-refractivity contribution is 5.79. The Kier molecular flexibility index (Phi) is 4.62. The average molecular weight is 238 g/mol. The van der Waals surface area contributed by atoms with E-state index in [1.807, 2.05) is 0 Å². The third-order valence-electron chi connectivity index (χ3n) is 2.23. The first kappa shape index (κ1) is 13.1. The van der Waals surface area contributed by atoms with Crippen LogP contribution in [-0.2, 0) is 4.79 Å². The van der Waals surface area contributed by atoms with Gasteiger partial charge in [0.05, 0.1) is 18.7 Å². The molecule has 0 saturated carbocycles. The van der Waals surface area contributed by atoms with Gasteiger partial charge in [-0.1, -0.05) is 23.4 Å². The molecule has 2 unspecified atom stereocenters. The number of amides is 1. The number of carbonyl (C=O) groups excluding carboxylic acids is 1. The minimum Gasteiger partial charge on any atom is -0.411 e. The van der Waals surface area contributed by atoms with Gasteiger partial charge in [-0.3, -0.25) is 4.79 Å². The number of aliphatic hydroxyl groups excluding tert-OH is 2. The van der Waals surface area contributed by atoms with Gasteiger partial charge in [0.25, 0.3) is 0 Å². The Labute approximate surface area is 98.0 Å². The second kappa shape index (κ2) is 5.97. The molecule has 0 radical (unpaired) electrons. The zero-order valence-corrected chi connectivity index (χ0v) is 9.02. The highest BCUT2D eigenvalue weighted by Crippen LogP contribution is 2.19. The molecule has 1 aromatic carbocycles. The molecule has 0 bridgehead atoms. The monoisotopic (exact) mass is 238 g/mol. The number of hydrogen-bond acceptors (Lipinski definition) is 5. The number of benzene rings is 1. The Morgan fingerprint density at radius 2 is 2.18 bits per heavy atom. The Bertz CT molecular complexity index is 420. The molecular weight excluding hydrogens is 224 g/mol. The van der Waals surface area contributed by atoms with Crippen LogP contribution in [0.5, 0.6) is 0 Å². The normalized spacial score (nSPS) is 14.7. The first-order valence-electron chi connectivity index (χ1n) is 4.96. The molecule has 6 nitrogen and oxygen atoms in total. The van der Waals surface area contributed by atoms with Gasteiger partial charge in [-0.25, -0.2) is 0 Å². The molecule has 1 rings (SSSR count). The molecule has 17 heavy (non-hydrogen) atoms. The summed E-state index contributed by atoms with van der Waals surface area (Å²) < 4.78 is 0. The predicted molar refractivity (Wildman–Crippen MR) is 60.6 cm³/mol. The van der Waals surface area contributed by atoms with Crippen LogP contribution in [-0.4, -0.2) is 33.6 Å². The smallest absolute Gasteiger partial charge is 0.220 e. The van der Waals surface area contributed by atoms with Crippen LogP contribution in [0, 0.1) is 0 Å². The van der Waals surface area contributed by atoms with E-state index in [1.54, 1.807) is 18.2 Å². The van der Waals surface area contributed by atoms with Crippen LogP contribution in [0.4, 0.5) is 0 Å². The maximum atomic E-state index is 10.6. The van der Waals surface area contributed by atoms with E-state index in [4.69, 9.17) is 10.9 Å². The maximum absolute atomic E-state index is 10.6. The molecule has 1 aromatic rings. The number of hydrogen-bond donors (Lipinski definition) is 4. The van der Waals surface area contributed by atoms with Crippen LogP contribution in [0.3, 0.4) is 0 Å². The minimum atomic E-state index is -1.26. The summed E-state index contributed by atoms with van der Waals surface area (Å²) in [5.74, 6) is -0.690. The van der Waals surface area contributed by atoms with Crippen LogP contribution in [0.2, 0.25) is 0 Å². The van der Waals surface area contributed by atoms with Gasteiger partial charge in [-0.15, -0.1) is 0 Å². The number of nitrogens with two attached hydrogens (primary N) is 1. The van der Waals surface area contributed by atoms with Crippen molar-refractivity contribution in [2.24, 2.45) is 10.9 Å². The number of carbonyl (C=O) groups is 1. The first-order chi connectivity index (χ1) is 8.04. The molecule has 0 aromatic heterocycles. The Morgan fingerprint density at radius 1 is 1.47 bits per heavy atom. The molecule has 0 aliphatic heterocycles. The predicted octanol–water partition coefficient (Wildman–Crippen LogP) is -0.236. The van der Waals surface area contributed by atoms with Crippen LogP contribution >= 0.6 is 0 Å². The van der Waals surface area contributed by atoms with Crippen molar-refractivity contribution in [3.63, 3.8) is 0 Å². The number of primary amides is 1. The van der Waals surface area contributed by atoms with Crippen molar-refractivity contribution in [3.05, 3.63) is 35.4 Å². The summed E-state index contributed by atoms with van der Waals surface area (Å²) >= 11 is 0. The lowest BCUT2D eigenvalue weighted by Gasteiger charge is -2.17. The van der Waals surface area contributed by atoms with Gasteiger partial charge in [0.2, 0.25) is 5.91 Å². The van der Waals surface area contributed by atoms with Gasteiger partial charge in [-0.2, -0.15) is 0 Å². The van der Waals surface area contributed by atoms with Crippen LogP contribution in [0.25, 0.3) is 0 Å². The number of aliphatic hydroxyl groups is 2. The molecule has 92 valence electrons. The zero-order chi connectivity index (χ0) is 12.8. The van der Waals surface area contributed by atoms with Gasteiger partial charge in [-0.05, 0) is 17.2 Å². The second-order valence-electron chi connectivity index (χ2n) is 3.60. The summed E-state index contributed by atoms with van der Waals surface area (Å²) in [5, 5.41) is 30.5. The highest BCUT2D eigenvalue weighted by atomic mass is 16.4. The summed E-state index contributed by atoms with van der Waals surface area (Å²) in [6.07, 6.45) is -1.60. The SMILES string of the molecule is NC(=O)CC(O)C(O)c1cccc(C=NO)c1. The lowest BCUT2D eigenvalue weighted by molar-refractivity contribution is -0.121. The largest absolute Gasteiger partial charge is 0.411 e. The summed E-state index contributed by atoms with van der Waals surface area (Å²) in [5.41, 5.74) is 5.90. The van der Waals surface area contributed by atoms with E-state index < -0.39 is 18.1 Å². The molecule has 0 aliphatic carbocycles. The Balaban J connectivity index is 2.84. The van der Waals surface area contributed by atoms with Gasteiger partial charge in [0.1, 0.15) is 6.10 Å². The van der Waals surface area contributed by atoms with Crippen molar-refractivity contribution in [2.75, 3.05) is 0 Å². The van der Waals surface area contributed by atoms with Crippen molar-refractivity contribution in [2.45, 2.75) is 18.6 Å². The number of rotatable bonds is 5. The third kappa shape index (κ3) is 3.86. The van der Waals surface area contributed by atoms with Crippen LogP contribution in [0.1, 0.15) is 23.7 Å². The molecule has 0 saturated heterocycles. The van der Waals surface area contributed by atoms with Crippen molar-refractivity contribution in [1.82, 2.24) is 0 Å². The van der Waals surface area contributed by atoms with E-state index in [0.29, 0.717) is 11.1 Å². The summed E-state index contributed by atoms with van der Waals surface area (Å²) in [6.45, 7) is 0. The van der Waals surface area contributed by atoms with Gasteiger partial charge in [0.15, 0.2) is 0 Å². The summed E-state index contributed by atoms with van der Waals surface area (Å²) in [4.78, 5) is 10.6. The van der Waals surface area contributed by atoms with E-state index in [9.17, 15) is 15.0 Å². The zero-order valence-electron chi connectivity index (χ0n) is 9.02. The van der Waals surface area contributed by atoms with Gasteiger partial charge < -0.3 is 21.2 Å². The Morgan fingerprint density at radius 3 is 2.76 bits per heavy atom. The average Bonchev–Trinajstić information content (AvgIpc) is 2.28. The molecule has 0 aliphatic rings. The van der Waals surface area contributed by atoms with Gasteiger partial charge in [0, 0.05) is 0 Å². The number of nitrogens with zero attached hydrogens (tertiary/aromatic N) is 1. The molecule has 1 amide bonds. The highest BCUT2D eigenvalue weighted by Gasteiger charge is 2.20. The lowest BCUT2D eigenvalue weighted by Crippen LogP contribution is -2.25. The van der Waals surface area contributed by atoms with Gasteiger partial charge >= 0.3 is 0 Å². The van der Waals surface area contributed by atoms with E-state index in [1.165, 1.54) is 12.3 Å². The topological polar surface area (TPSA) is 116 Å². The van der Waals surface area contributed by atoms with Crippen LogP contribution < -0.4 is 5.73 Å². The fourth-order valence-electron chi connectivity index (χ4n) is 1.43. The summed E-state index contributed by atoms with van der Waals surface area (Å²) in [7, 11) is 0. The Hall–Kier alpha value is -1.92. The number of oxime groups is 1. The third-order valence-corrected chi connectivity index (χ3v) is 2.23. The minimum absolute atomic E-state index is 0.320. The lowest BCUT2D eigenvalue weighted by atomic mass is 10.0. The van der Waals surface area contributed by atoms with E-state index in [0.717, 1.165) is 0 Å². The fourth-order valence-corrected chi connectivity index (χ4v) is 1.43. The van der Waals surface area contributed by atoms with E-state index in [2.05, 4.69) is 5.16 Å². The van der Waals surface area contributed by atoms with Crippen molar-refractivity contribution >= 4 is 12.1 Å². The first-order valence-corrected chi connectivity index (χ1v) is 4.96. The standard InChI is InChI=1S/C11H14N2O4/c12-10(15)5-9(14)11(16)8-3-1-2-7(4-8)6-13-17/h1-4,6,9,11,14,16-17H,5H2,(H2,12,15). The molecule has 0 fully saturated rings. The fraction of sp³-hybridized carbons (Fsp3) is 0.273. The van der Waals surface area contributed by atoms with Crippen molar-refractivity contribution in [3.8, 4) is 0 Å². The quantitative estimate of drug-likeness (QED) is 0.322. The molecule has 0 spiro atoms. The van der Waals surface area contributed by atoms with E-state index in [-0.39, 0.29) is 6.42 Å². The molecule has 6 heteroatoms. The van der Waals surface area contributed by atoms with E-state index >= 15 is 0 Å². The molecule has 5 N–H and O–H groups in total. The molecule has 2 atom stereocenters. The van der Waals surface area contributed by atoms with Crippen molar-refractivity contribution in [1.29, 1.82) is 0 Å². The maximum Gasteiger partial charge on any atom is 0.220 e. The second-order valence-corrected chi connectivity index (χ2v) is 3.60. The van der Waals surface area contributed by atoms with Crippen LogP contribution in [0.15, 0.2) is 29.4 Å².